The van der Waals surface area contributed by atoms with Crippen LogP contribution in [-0.4, -0.2) is 69.6 Å². The topological polar surface area (TPSA) is 102 Å². The van der Waals surface area contributed by atoms with Crippen molar-refractivity contribution in [1.82, 2.24) is 0 Å². The molecule has 0 heterocycles. The minimum atomic E-state index is -4.02. The molecule has 1 unspecified atom stereocenters. The summed E-state index contributed by atoms with van der Waals surface area (Å²) in [4.78, 5) is 11.4. The van der Waals surface area contributed by atoms with Crippen molar-refractivity contribution in [2.45, 2.75) is 6.10 Å². The monoisotopic (exact) mass is 506 g/mol. The summed E-state index contributed by atoms with van der Waals surface area (Å²) in [5.41, 5.74) is 0.313. The molecule has 0 aromatic heterocycles. The first-order valence-corrected chi connectivity index (χ1v) is 7.96. The average molecular weight is 506 g/mol. The van der Waals surface area contributed by atoms with Crippen molar-refractivity contribution in [3.63, 3.8) is 0 Å². The third-order valence-electron chi connectivity index (χ3n) is 1.85. The summed E-state index contributed by atoms with van der Waals surface area (Å²) >= 11 is -2.17. The predicted octanol–water partition coefficient (Wildman–Crippen LogP) is -4.33. The van der Waals surface area contributed by atoms with Gasteiger partial charge in [-0.05, 0) is 37.8 Å². The van der Waals surface area contributed by atoms with Gasteiger partial charge in [-0.3, -0.25) is 0 Å². The minimum absolute atomic E-state index is 0. The van der Waals surface area contributed by atoms with Gasteiger partial charge in [0.25, 0.3) is 6.10 Å². The third kappa shape index (κ3) is 5.84. The van der Waals surface area contributed by atoms with Gasteiger partial charge in [0.05, 0.1) is 10.7 Å². The van der Waals surface area contributed by atoms with E-state index >= 15 is 0 Å². The molecular formula is C9H9I2KO6. The average Bonchev–Trinajstić information content (AvgIpc) is 2.28. The van der Waals surface area contributed by atoms with Crippen LogP contribution in [-0.2, 0) is 12.6 Å². The Morgan fingerprint density at radius 1 is 1.50 bits per heavy atom. The Balaban J connectivity index is 0.00000289. The van der Waals surface area contributed by atoms with E-state index in [-0.39, 0.29) is 57.1 Å². The third-order valence-corrected chi connectivity index (χ3v) is 3.64. The van der Waals surface area contributed by atoms with Gasteiger partial charge in [0.2, 0.25) is 0 Å². The quantitative estimate of drug-likeness (QED) is 0.252. The molecule has 1 aromatic carbocycles. The number of hydrogen-bond acceptors (Lipinski definition) is 6. The number of carbonyl (C=O) groups excluding carboxylic acids is 1. The van der Waals surface area contributed by atoms with E-state index in [1.165, 1.54) is 18.2 Å². The van der Waals surface area contributed by atoms with Gasteiger partial charge in [0.15, 0.2) is 0 Å². The normalized spacial score (nSPS) is 11.8. The van der Waals surface area contributed by atoms with Crippen LogP contribution in [0.1, 0.15) is 11.7 Å². The molecule has 0 radical (unpaired) electrons. The second kappa shape index (κ2) is 9.41. The molecular weight excluding hydrogens is 497 g/mol. The molecule has 0 aliphatic heterocycles. The molecule has 0 spiro atoms. The van der Waals surface area contributed by atoms with Crippen molar-refractivity contribution in [3.05, 3.63) is 27.3 Å². The van der Waals surface area contributed by atoms with Gasteiger partial charge in [-0.1, -0.05) is 6.07 Å². The number of carbonyl (C=O) groups is 1. The Hall–Kier alpha value is 1.47. The Morgan fingerprint density at radius 2 is 2.11 bits per heavy atom. The number of phenolic OH excluding ortho intramolecular Hbond substituents is 1. The number of hydrogen-bond donors (Lipinski definition) is 1. The van der Waals surface area contributed by atoms with E-state index in [1.54, 1.807) is 0 Å². The number of rotatable bonds is 4. The summed E-state index contributed by atoms with van der Waals surface area (Å²) < 4.78 is 30.7. The van der Waals surface area contributed by atoms with Gasteiger partial charge in [-0.2, -0.15) is 0 Å². The van der Waals surface area contributed by atoms with Crippen LogP contribution in [0.4, 0.5) is 0 Å². The van der Waals surface area contributed by atoms with Crippen LogP contribution in [0.5, 0.6) is 5.75 Å². The molecule has 6 nitrogen and oxygen atoms in total. The molecule has 0 aliphatic carbocycles. The van der Waals surface area contributed by atoms with Gasteiger partial charge < -0.3 is 16.7 Å². The van der Waals surface area contributed by atoms with Crippen LogP contribution in [0.15, 0.2) is 18.2 Å². The first-order valence-electron chi connectivity index (χ1n) is 4.24. The number of phenols is 1. The number of ether oxygens (including phenoxy) is 1. The van der Waals surface area contributed by atoms with Crippen molar-refractivity contribution >= 4 is 79.9 Å². The first-order chi connectivity index (χ1) is 7.95. The Labute approximate surface area is 169 Å². The zero-order valence-corrected chi connectivity index (χ0v) is 12.9. The zero-order valence-electron chi connectivity index (χ0n) is 8.55. The maximum atomic E-state index is 11.4. The predicted molar refractivity (Wildman–Crippen MR) is 63.8 cm³/mol. The van der Waals surface area contributed by atoms with Crippen LogP contribution in [0.2, 0.25) is 0 Å². The fourth-order valence-corrected chi connectivity index (χ4v) is 2.55. The molecule has 0 amide bonds. The summed E-state index contributed by atoms with van der Waals surface area (Å²) in [5, 5.41) is 9.33. The van der Waals surface area contributed by atoms with Gasteiger partial charge in [-0.25, -0.2) is 4.79 Å². The van der Waals surface area contributed by atoms with E-state index < -0.39 is 33.1 Å². The number of benzene rings is 1. The Bertz CT molecular complexity index is 414. The fourth-order valence-electron chi connectivity index (χ4n) is 1.09. The van der Waals surface area contributed by atoms with Crippen LogP contribution >= 0.6 is 22.6 Å². The first kappa shape index (κ1) is 19.5. The fraction of sp³-hybridized carbons (Fsp3) is 0.222. The molecule has 1 N–H and O–H groups in total. The van der Waals surface area contributed by atoms with Gasteiger partial charge in [0.1, 0.15) is 5.75 Å². The van der Waals surface area contributed by atoms with Gasteiger partial charge >= 0.3 is 78.4 Å². The summed E-state index contributed by atoms with van der Waals surface area (Å²) in [6.07, 6.45) is -1.31. The second-order valence-electron chi connectivity index (χ2n) is 2.89. The molecule has 96 valence electrons. The molecule has 0 aliphatic rings. The molecule has 1 rings (SSSR count). The zero-order chi connectivity index (χ0) is 13.0. The number of halogens is 2. The van der Waals surface area contributed by atoms with Crippen LogP contribution < -0.4 is 27.9 Å². The van der Waals surface area contributed by atoms with Crippen LogP contribution in [0.25, 0.3) is 0 Å². The van der Waals surface area contributed by atoms with E-state index in [0.29, 0.717) is 9.13 Å². The maximum absolute atomic E-state index is 11.4. The molecule has 1 aromatic rings. The molecule has 18 heavy (non-hydrogen) atoms. The van der Waals surface area contributed by atoms with Crippen molar-refractivity contribution in [2.75, 3.05) is 7.11 Å². The van der Waals surface area contributed by atoms with Crippen molar-refractivity contribution in [2.24, 2.45) is 0 Å². The van der Waals surface area contributed by atoms with Crippen LogP contribution in [0, 0.1) is 3.57 Å². The number of aromatic hydroxyl groups is 1. The molecule has 0 bridgehead atoms. The summed E-state index contributed by atoms with van der Waals surface area (Å²) in [6, 6.07) is 4.21. The standard InChI is InChI=1S/C9H8I2O6.K.H/c1-16-9(13)8(17-11(14)15)5-2-3-7(12)6(10)4-5;;/h2-4,8,12H,1H3;;. The van der Waals surface area contributed by atoms with Crippen molar-refractivity contribution < 1.29 is 45.6 Å². The molecule has 9 heteroatoms. The Kier molecular flexibility index (Phi) is 10.2. The summed E-state index contributed by atoms with van der Waals surface area (Å²) in [6.45, 7) is 0. The molecule has 0 fully saturated rings. The second-order valence-corrected chi connectivity index (χ2v) is 5.64. The molecule has 0 saturated heterocycles. The summed E-state index contributed by atoms with van der Waals surface area (Å²) in [7, 11) is 1.14. The van der Waals surface area contributed by atoms with E-state index in [1.807, 2.05) is 22.6 Å². The van der Waals surface area contributed by atoms with E-state index in [2.05, 4.69) is 7.80 Å². The Morgan fingerprint density at radius 3 is 2.56 bits per heavy atom. The van der Waals surface area contributed by atoms with Gasteiger partial charge in [-0.15, -0.1) is 0 Å². The summed E-state index contributed by atoms with van der Waals surface area (Å²) in [5.74, 6) is -0.766. The van der Waals surface area contributed by atoms with E-state index in [4.69, 9.17) is 0 Å². The van der Waals surface area contributed by atoms with E-state index in [0.717, 1.165) is 7.11 Å². The number of methoxy groups -OCH3 is 1. The van der Waals surface area contributed by atoms with E-state index in [9.17, 15) is 16.8 Å². The molecule has 1 atom stereocenters. The van der Waals surface area contributed by atoms with Crippen LogP contribution in [0.3, 0.4) is 0 Å². The number of esters is 1. The van der Waals surface area contributed by atoms with Crippen molar-refractivity contribution in [1.29, 1.82) is 0 Å². The molecule has 0 saturated carbocycles. The van der Waals surface area contributed by atoms with Gasteiger partial charge in [0, 0.05) is 5.56 Å². The van der Waals surface area contributed by atoms with Crippen molar-refractivity contribution in [3.8, 4) is 5.75 Å². The SMILES string of the molecule is COC(=O)C(O[I+2]([O-])[O-])c1ccc(O)c(I)c1.[KH].